The maximum atomic E-state index is 12.5. The highest BCUT2D eigenvalue weighted by atomic mass is 16.3. The van der Waals surface area contributed by atoms with Crippen molar-refractivity contribution >= 4 is 11.6 Å². The molecule has 1 fully saturated rings. The molecule has 1 aromatic heterocycles. The van der Waals surface area contributed by atoms with Crippen LogP contribution in [0.15, 0.2) is 4.79 Å². The van der Waals surface area contributed by atoms with E-state index in [0.717, 1.165) is 0 Å². The second kappa shape index (κ2) is 4.41. The molecule has 6 nitrogen and oxygen atoms in total. The van der Waals surface area contributed by atoms with Gasteiger partial charge in [0.25, 0.3) is 5.56 Å². The Morgan fingerprint density at radius 1 is 1.15 bits per heavy atom. The molecule has 0 saturated heterocycles. The van der Waals surface area contributed by atoms with Crippen LogP contribution in [0.2, 0.25) is 0 Å². The Bertz CT molecular complexity index is 631. The van der Waals surface area contributed by atoms with Crippen LogP contribution in [0, 0.1) is 0 Å². The fourth-order valence-corrected chi connectivity index (χ4v) is 2.47. The topological polar surface area (TPSA) is 92.2 Å². The number of H-pyrrole nitrogens is 1. The summed E-state index contributed by atoms with van der Waals surface area (Å²) in [4.78, 5) is 35.4. The van der Waals surface area contributed by atoms with Crippen molar-refractivity contribution in [2.75, 3.05) is 0 Å². The zero-order valence-electron chi connectivity index (χ0n) is 12.4. The van der Waals surface area contributed by atoms with Crippen LogP contribution < -0.4 is 5.56 Å². The van der Waals surface area contributed by atoms with Gasteiger partial charge in [-0.1, -0.05) is 13.8 Å². The first-order valence-electron chi connectivity index (χ1n) is 6.68. The predicted octanol–water partition coefficient (Wildman–Crippen LogP) is 0.651. The van der Waals surface area contributed by atoms with Gasteiger partial charge in [0.2, 0.25) is 11.6 Å². The number of rotatable bonds is 2. The summed E-state index contributed by atoms with van der Waals surface area (Å²) in [7, 11) is 0. The summed E-state index contributed by atoms with van der Waals surface area (Å²) < 4.78 is 1.44. The van der Waals surface area contributed by atoms with Gasteiger partial charge in [-0.15, -0.1) is 0 Å². The standard InChI is InChI=1S/C14H20N2O4/c1-6(2)9-7(8-10(17)12(19)11(8)18)13(20)16(15-9)14(3,4)5/h6,8,10,15,17H,1-5H3. The molecular formula is C14H20N2O4. The SMILES string of the molecule is CC(C)c1[nH]n(C(C)(C)C)c(=O)c1C1C(=O)C(=O)C1O. The Kier molecular flexibility index (Phi) is 3.25. The number of hydrogen-bond donors (Lipinski definition) is 2. The van der Waals surface area contributed by atoms with E-state index < -0.39 is 29.1 Å². The normalized spacial score (nSPS) is 23.4. The van der Waals surface area contributed by atoms with Crippen LogP contribution in [-0.2, 0) is 15.1 Å². The minimum atomic E-state index is -1.39. The second-order valence-electron chi connectivity index (χ2n) is 6.56. The number of ketones is 2. The predicted molar refractivity (Wildman–Crippen MR) is 72.9 cm³/mol. The molecule has 110 valence electrons. The lowest BCUT2D eigenvalue weighted by atomic mass is 9.73. The van der Waals surface area contributed by atoms with E-state index in [2.05, 4.69) is 5.10 Å². The molecule has 2 rings (SSSR count). The Morgan fingerprint density at radius 2 is 1.70 bits per heavy atom. The van der Waals surface area contributed by atoms with Crippen LogP contribution in [0.1, 0.15) is 57.7 Å². The third-order valence-corrected chi connectivity index (χ3v) is 3.62. The number of aliphatic hydroxyl groups excluding tert-OH is 1. The molecule has 1 aliphatic rings. The second-order valence-corrected chi connectivity index (χ2v) is 6.56. The Morgan fingerprint density at radius 3 is 2.10 bits per heavy atom. The van der Waals surface area contributed by atoms with Crippen LogP contribution in [0.5, 0.6) is 0 Å². The van der Waals surface area contributed by atoms with Crippen molar-refractivity contribution in [1.29, 1.82) is 0 Å². The highest BCUT2D eigenvalue weighted by Gasteiger charge is 2.52. The van der Waals surface area contributed by atoms with Crippen LogP contribution >= 0.6 is 0 Å². The van der Waals surface area contributed by atoms with Crippen molar-refractivity contribution in [2.45, 2.75) is 58.1 Å². The Balaban J connectivity index is 2.64. The molecule has 2 unspecified atom stereocenters. The van der Waals surface area contributed by atoms with Gasteiger partial charge >= 0.3 is 0 Å². The molecule has 0 radical (unpaired) electrons. The van der Waals surface area contributed by atoms with Crippen LogP contribution in [0.25, 0.3) is 0 Å². The van der Waals surface area contributed by atoms with Crippen molar-refractivity contribution in [3.63, 3.8) is 0 Å². The van der Waals surface area contributed by atoms with Crippen molar-refractivity contribution in [1.82, 2.24) is 9.78 Å². The van der Waals surface area contributed by atoms with E-state index in [4.69, 9.17) is 0 Å². The van der Waals surface area contributed by atoms with Gasteiger partial charge in [0.1, 0.15) is 6.10 Å². The van der Waals surface area contributed by atoms with Crippen molar-refractivity contribution in [3.8, 4) is 0 Å². The fraction of sp³-hybridized carbons (Fsp3) is 0.643. The summed E-state index contributed by atoms with van der Waals surface area (Å²) >= 11 is 0. The average Bonchev–Trinajstić information content (AvgIpc) is 2.67. The minimum Gasteiger partial charge on any atom is -0.384 e. The lowest BCUT2D eigenvalue weighted by Crippen LogP contribution is -2.52. The summed E-state index contributed by atoms with van der Waals surface area (Å²) in [6.07, 6.45) is -1.39. The molecule has 6 heteroatoms. The summed E-state index contributed by atoms with van der Waals surface area (Å²) in [5, 5.41) is 12.7. The highest BCUT2D eigenvalue weighted by Crippen LogP contribution is 2.33. The maximum absolute atomic E-state index is 12.5. The molecule has 0 aliphatic heterocycles. The summed E-state index contributed by atoms with van der Waals surface area (Å²) in [6.45, 7) is 9.37. The quantitative estimate of drug-likeness (QED) is 0.778. The van der Waals surface area contributed by atoms with E-state index in [1.54, 1.807) is 0 Å². The number of Topliss-reactive ketones (excluding diaryl/α,β-unsaturated/α-hetero) is 2. The number of carbonyl (C=O) groups excluding carboxylic acids is 2. The number of hydrogen-bond acceptors (Lipinski definition) is 4. The number of nitrogens with one attached hydrogen (secondary N) is 1. The number of aromatic nitrogens is 2. The van der Waals surface area contributed by atoms with Crippen LogP contribution in [0.3, 0.4) is 0 Å². The van der Waals surface area contributed by atoms with E-state index in [9.17, 15) is 19.5 Å². The van der Waals surface area contributed by atoms with Gasteiger partial charge in [-0.25, -0.2) is 4.68 Å². The van der Waals surface area contributed by atoms with Gasteiger partial charge in [-0.05, 0) is 26.7 Å². The van der Waals surface area contributed by atoms with E-state index in [0.29, 0.717) is 5.69 Å². The van der Waals surface area contributed by atoms with Gasteiger partial charge in [-0.2, -0.15) is 0 Å². The average molecular weight is 280 g/mol. The van der Waals surface area contributed by atoms with Gasteiger partial charge < -0.3 is 5.11 Å². The van der Waals surface area contributed by atoms with Crippen molar-refractivity contribution < 1.29 is 14.7 Å². The molecule has 1 saturated carbocycles. The minimum absolute atomic E-state index is 0.0167. The Hall–Kier alpha value is -1.69. The summed E-state index contributed by atoms with van der Waals surface area (Å²) in [5.41, 5.74) is 0.0220. The van der Waals surface area contributed by atoms with Crippen LogP contribution in [0.4, 0.5) is 0 Å². The van der Waals surface area contributed by atoms with Crippen molar-refractivity contribution in [3.05, 3.63) is 21.6 Å². The number of nitrogens with zero attached hydrogens (tertiary/aromatic N) is 1. The molecule has 0 spiro atoms. The first-order valence-corrected chi connectivity index (χ1v) is 6.68. The molecule has 1 heterocycles. The maximum Gasteiger partial charge on any atom is 0.271 e. The largest absolute Gasteiger partial charge is 0.384 e. The first-order chi connectivity index (χ1) is 9.07. The van der Waals surface area contributed by atoms with Crippen molar-refractivity contribution in [2.24, 2.45) is 0 Å². The van der Waals surface area contributed by atoms with E-state index in [1.165, 1.54) is 4.68 Å². The van der Waals surface area contributed by atoms with Crippen LogP contribution in [-0.4, -0.2) is 32.6 Å². The lowest BCUT2D eigenvalue weighted by molar-refractivity contribution is -0.154. The molecule has 1 aromatic rings. The van der Waals surface area contributed by atoms with E-state index >= 15 is 0 Å². The fourth-order valence-electron chi connectivity index (χ4n) is 2.47. The molecule has 2 N–H and O–H groups in total. The van der Waals surface area contributed by atoms with Gasteiger partial charge in [0.05, 0.1) is 17.0 Å². The summed E-state index contributed by atoms with van der Waals surface area (Å²) in [6, 6.07) is 0. The van der Waals surface area contributed by atoms with E-state index in [1.807, 2.05) is 34.6 Å². The molecule has 0 amide bonds. The molecule has 2 atom stereocenters. The monoisotopic (exact) mass is 280 g/mol. The van der Waals surface area contributed by atoms with E-state index in [-0.39, 0.29) is 17.0 Å². The third kappa shape index (κ3) is 1.95. The Labute approximate surface area is 116 Å². The number of aliphatic hydroxyl groups is 1. The molecular weight excluding hydrogens is 260 g/mol. The molecule has 20 heavy (non-hydrogen) atoms. The molecule has 1 aliphatic carbocycles. The highest BCUT2D eigenvalue weighted by molar-refractivity contribution is 6.48. The molecule has 0 bridgehead atoms. The summed E-state index contributed by atoms with van der Waals surface area (Å²) in [5.74, 6) is -2.53. The zero-order valence-corrected chi connectivity index (χ0v) is 12.4. The van der Waals surface area contributed by atoms with Gasteiger partial charge in [-0.3, -0.25) is 19.5 Å². The smallest absolute Gasteiger partial charge is 0.271 e. The lowest BCUT2D eigenvalue weighted by Gasteiger charge is -2.28. The first kappa shape index (κ1) is 14.7. The van der Waals surface area contributed by atoms with Gasteiger partial charge in [0.15, 0.2) is 0 Å². The molecule has 0 aromatic carbocycles. The number of carbonyl (C=O) groups is 2. The zero-order chi connectivity index (χ0) is 15.4. The van der Waals surface area contributed by atoms with Gasteiger partial charge in [0, 0.05) is 5.69 Å². The number of aromatic amines is 1. The third-order valence-electron chi connectivity index (χ3n) is 3.62.